The van der Waals surface area contributed by atoms with E-state index in [0.29, 0.717) is 0 Å². The molecule has 1 saturated heterocycles. The normalized spacial score (nSPS) is 43.0. The Kier molecular flexibility index (Phi) is 3.96. The third kappa shape index (κ3) is 2.46. The molecular weight excluding hydrogens is 287 g/mol. The van der Waals surface area contributed by atoms with Crippen LogP contribution in [0.1, 0.15) is 27.2 Å². The van der Waals surface area contributed by atoms with Gasteiger partial charge in [0, 0.05) is 10.4 Å². The Morgan fingerprint density at radius 3 is 2.50 bits per heavy atom. The summed E-state index contributed by atoms with van der Waals surface area (Å²) in [6.07, 6.45) is 2.68. The van der Waals surface area contributed by atoms with E-state index in [9.17, 15) is 0 Å². The number of hydrogen-bond donors (Lipinski definition) is 0. The van der Waals surface area contributed by atoms with Crippen molar-refractivity contribution in [2.75, 3.05) is 0 Å². The summed E-state index contributed by atoms with van der Waals surface area (Å²) in [7, 11) is 0. The molecule has 0 spiro atoms. The second-order valence-electron chi connectivity index (χ2n) is 4.35. The maximum Gasteiger partial charge on any atom is 0.102 e. The van der Waals surface area contributed by atoms with Gasteiger partial charge in [-0.05, 0) is 33.3 Å². The van der Waals surface area contributed by atoms with Gasteiger partial charge in [-0.1, -0.05) is 27.5 Å². The Morgan fingerprint density at radius 2 is 2.00 bits per heavy atom. The molecule has 1 fully saturated rings. The largest absolute Gasteiger partial charge is 0.363 e. The van der Waals surface area contributed by atoms with Crippen molar-refractivity contribution in [2.24, 2.45) is 0 Å². The fourth-order valence-corrected chi connectivity index (χ4v) is 2.89. The van der Waals surface area contributed by atoms with Gasteiger partial charge in [0.05, 0.1) is 11.0 Å². The van der Waals surface area contributed by atoms with Gasteiger partial charge in [0.2, 0.25) is 0 Å². The van der Waals surface area contributed by atoms with E-state index in [-0.39, 0.29) is 15.8 Å². The van der Waals surface area contributed by atoms with E-state index in [1.54, 1.807) is 0 Å². The van der Waals surface area contributed by atoms with E-state index >= 15 is 0 Å². The van der Waals surface area contributed by atoms with E-state index in [1.165, 1.54) is 5.54 Å². The van der Waals surface area contributed by atoms with Gasteiger partial charge >= 0.3 is 0 Å². The van der Waals surface area contributed by atoms with Gasteiger partial charge in [-0.2, -0.15) is 0 Å². The molecule has 1 nitrogen and oxygen atoms in total. The number of hydrogen-bond acceptors (Lipinski definition) is 1. The number of halogens is 3. The summed E-state index contributed by atoms with van der Waals surface area (Å²) in [6, 6.07) is 0. The average molecular weight is 302 g/mol. The molecule has 1 heterocycles. The van der Waals surface area contributed by atoms with Gasteiger partial charge in [-0.15, -0.1) is 11.6 Å². The van der Waals surface area contributed by atoms with Gasteiger partial charge in [0.1, 0.15) is 5.60 Å². The Labute approximate surface area is 104 Å². The summed E-state index contributed by atoms with van der Waals surface area (Å²) < 4.78 is 5.98. The first-order chi connectivity index (χ1) is 6.32. The van der Waals surface area contributed by atoms with Crippen LogP contribution in [-0.2, 0) is 4.74 Å². The van der Waals surface area contributed by atoms with Gasteiger partial charge in [-0.25, -0.2) is 0 Å². The number of alkyl halides is 2. The molecule has 0 N–H and O–H groups in total. The number of ether oxygens (including phenoxy) is 1. The summed E-state index contributed by atoms with van der Waals surface area (Å²) in [5.41, 5.74) is 0.771. The van der Waals surface area contributed by atoms with Crippen LogP contribution in [0.5, 0.6) is 0 Å². The molecule has 0 saturated carbocycles. The van der Waals surface area contributed by atoms with Gasteiger partial charge in [-0.3, -0.25) is 0 Å². The van der Waals surface area contributed by atoms with Gasteiger partial charge < -0.3 is 4.74 Å². The predicted octanol–water partition coefficient (Wildman–Crippen LogP) is 4.07. The highest BCUT2D eigenvalue weighted by atomic mass is 79.9. The van der Waals surface area contributed by atoms with Crippen molar-refractivity contribution >= 4 is 39.1 Å². The molecule has 0 aromatic rings. The molecule has 0 aromatic heterocycles. The van der Waals surface area contributed by atoms with E-state index in [2.05, 4.69) is 29.8 Å². The minimum atomic E-state index is -0.475. The van der Waals surface area contributed by atoms with Crippen LogP contribution < -0.4 is 0 Å². The molecule has 1 rings (SSSR count). The molecule has 14 heavy (non-hydrogen) atoms. The van der Waals surface area contributed by atoms with Crippen molar-refractivity contribution in [1.29, 1.82) is 0 Å². The van der Waals surface area contributed by atoms with Crippen molar-refractivity contribution in [3.8, 4) is 0 Å². The summed E-state index contributed by atoms with van der Waals surface area (Å²) in [5, 5.41) is -0.0603. The van der Waals surface area contributed by atoms with Crippen molar-refractivity contribution in [2.45, 2.75) is 48.6 Å². The highest BCUT2D eigenvalue weighted by molar-refractivity contribution is 9.09. The van der Waals surface area contributed by atoms with Crippen molar-refractivity contribution in [3.63, 3.8) is 0 Å². The summed E-state index contributed by atoms with van der Waals surface area (Å²) in [6.45, 7) is 6.06. The van der Waals surface area contributed by atoms with Crippen LogP contribution in [0.3, 0.4) is 0 Å². The standard InChI is InChI=1S/C10H15BrCl2O/c1-9(2)7(11)6-8(13)10(3,14-9)4-5-12/h4-5,7-8H,6H2,1-3H3. The van der Waals surface area contributed by atoms with Gasteiger partial charge in [0.15, 0.2) is 0 Å². The molecule has 1 aliphatic rings. The molecule has 82 valence electrons. The molecule has 0 aromatic carbocycles. The zero-order chi connectivity index (χ0) is 11.0. The lowest BCUT2D eigenvalue weighted by Gasteiger charge is -2.47. The van der Waals surface area contributed by atoms with Crippen LogP contribution in [0.15, 0.2) is 11.6 Å². The molecule has 4 heteroatoms. The second kappa shape index (κ2) is 4.32. The van der Waals surface area contributed by atoms with Crippen LogP contribution >= 0.6 is 39.1 Å². The zero-order valence-electron chi connectivity index (χ0n) is 8.56. The lowest BCUT2D eigenvalue weighted by molar-refractivity contribution is -0.131. The van der Waals surface area contributed by atoms with Crippen LogP contribution in [0.4, 0.5) is 0 Å². The molecular formula is C10H15BrCl2O. The summed E-state index contributed by atoms with van der Waals surface area (Å²) in [5.74, 6) is 0. The maximum absolute atomic E-state index is 6.26. The fourth-order valence-electron chi connectivity index (χ4n) is 1.66. The highest BCUT2D eigenvalue weighted by Gasteiger charge is 2.46. The van der Waals surface area contributed by atoms with Crippen molar-refractivity contribution in [3.05, 3.63) is 11.6 Å². The SMILES string of the molecule is CC1(C)OC(C)(C=CCl)C(Cl)CC1Br. The van der Waals surface area contributed by atoms with Crippen LogP contribution in [0, 0.1) is 0 Å². The Hall–Kier alpha value is 0.760. The first-order valence-electron chi connectivity index (χ1n) is 4.58. The summed E-state index contributed by atoms with van der Waals surface area (Å²) >= 11 is 15.4. The van der Waals surface area contributed by atoms with Gasteiger partial charge in [0.25, 0.3) is 0 Å². The molecule has 3 atom stereocenters. The van der Waals surface area contributed by atoms with Crippen LogP contribution in [0.2, 0.25) is 0 Å². The number of rotatable bonds is 1. The fraction of sp³-hybridized carbons (Fsp3) is 0.800. The van der Waals surface area contributed by atoms with E-state index < -0.39 is 5.60 Å². The molecule has 0 radical (unpaired) electrons. The topological polar surface area (TPSA) is 9.23 Å². The molecule has 0 amide bonds. The van der Waals surface area contributed by atoms with Crippen LogP contribution in [-0.4, -0.2) is 21.4 Å². The molecule has 3 unspecified atom stereocenters. The van der Waals surface area contributed by atoms with Crippen molar-refractivity contribution < 1.29 is 4.74 Å². The van der Waals surface area contributed by atoms with Crippen LogP contribution in [0.25, 0.3) is 0 Å². The monoisotopic (exact) mass is 300 g/mol. The van der Waals surface area contributed by atoms with E-state index in [4.69, 9.17) is 27.9 Å². The predicted molar refractivity (Wildman–Crippen MR) is 65.5 cm³/mol. The quantitative estimate of drug-likeness (QED) is 0.664. The summed E-state index contributed by atoms with van der Waals surface area (Å²) in [4.78, 5) is 0.273. The maximum atomic E-state index is 6.26. The first kappa shape index (κ1) is 12.8. The molecule has 0 aliphatic carbocycles. The van der Waals surface area contributed by atoms with E-state index in [1.807, 2.05) is 13.0 Å². The van der Waals surface area contributed by atoms with E-state index in [0.717, 1.165) is 6.42 Å². The second-order valence-corrected chi connectivity index (χ2v) is 6.24. The molecule has 0 bridgehead atoms. The molecule has 1 aliphatic heterocycles. The highest BCUT2D eigenvalue weighted by Crippen LogP contribution is 2.42. The average Bonchev–Trinajstić information content (AvgIpc) is 2.01. The Morgan fingerprint density at radius 1 is 1.43 bits per heavy atom. The van der Waals surface area contributed by atoms with Crippen molar-refractivity contribution in [1.82, 2.24) is 0 Å². The zero-order valence-corrected chi connectivity index (χ0v) is 11.7. The minimum Gasteiger partial charge on any atom is -0.363 e. The lowest BCUT2D eigenvalue weighted by atomic mass is 9.87. The smallest absolute Gasteiger partial charge is 0.102 e. The third-order valence-electron chi connectivity index (χ3n) is 2.67. The third-order valence-corrected chi connectivity index (χ3v) is 4.88. The lowest BCUT2D eigenvalue weighted by Crippen LogP contribution is -2.54. The Balaban J connectivity index is 2.89. The first-order valence-corrected chi connectivity index (χ1v) is 6.37. The minimum absolute atomic E-state index is 0.0603. The Bertz CT molecular complexity index is 242.